The van der Waals surface area contributed by atoms with Gasteiger partial charge in [-0.25, -0.2) is 4.39 Å². The molecule has 1 saturated heterocycles. The molecule has 1 fully saturated rings. The number of carbonyl (C=O) groups excluding carboxylic acids is 1. The number of piperidine rings is 1. The summed E-state index contributed by atoms with van der Waals surface area (Å²) >= 11 is 0. The topological polar surface area (TPSA) is 23.6 Å². The second-order valence-corrected chi connectivity index (χ2v) is 8.17. The fourth-order valence-electron chi connectivity index (χ4n) is 4.01. The van der Waals surface area contributed by atoms with E-state index in [1.54, 1.807) is 0 Å². The van der Waals surface area contributed by atoms with Gasteiger partial charge >= 0.3 is 0 Å². The average Bonchev–Trinajstić information content (AvgIpc) is 2.69. The Labute approximate surface area is 168 Å². The summed E-state index contributed by atoms with van der Waals surface area (Å²) in [5.41, 5.74) is 4.31. The molecular formula is C24H31FN2O. The molecule has 0 spiro atoms. The van der Waals surface area contributed by atoms with E-state index in [0.717, 1.165) is 50.1 Å². The van der Waals surface area contributed by atoms with Crippen LogP contribution in [0.4, 0.5) is 4.39 Å². The molecule has 1 atom stereocenters. The number of halogens is 1. The molecule has 150 valence electrons. The van der Waals surface area contributed by atoms with E-state index in [2.05, 4.69) is 11.8 Å². The van der Waals surface area contributed by atoms with E-state index in [-0.39, 0.29) is 11.7 Å². The van der Waals surface area contributed by atoms with Gasteiger partial charge < -0.3 is 9.80 Å². The van der Waals surface area contributed by atoms with Crippen LogP contribution in [-0.2, 0) is 6.42 Å². The summed E-state index contributed by atoms with van der Waals surface area (Å²) in [7, 11) is 1.91. The zero-order valence-electron chi connectivity index (χ0n) is 17.2. The van der Waals surface area contributed by atoms with E-state index in [9.17, 15) is 9.18 Å². The summed E-state index contributed by atoms with van der Waals surface area (Å²) < 4.78 is 13.0. The van der Waals surface area contributed by atoms with Crippen LogP contribution in [-0.4, -0.2) is 48.9 Å². The van der Waals surface area contributed by atoms with Crippen molar-refractivity contribution in [2.45, 2.75) is 33.1 Å². The van der Waals surface area contributed by atoms with E-state index in [1.165, 1.54) is 29.7 Å². The second-order valence-electron chi connectivity index (χ2n) is 8.17. The lowest BCUT2D eigenvalue weighted by molar-refractivity contribution is 0.0730. The summed E-state index contributed by atoms with van der Waals surface area (Å²) in [5.74, 6) is 0.423. The molecule has 0 N–H and O–H groups in total. The second kappa shape index (κ2) is 9.33. The van der Waals surface area contributed by atoms with E-state index < -0.39 is 0 Å². The van der Waals surface area contributed by atoms with Crippen LogP contribution >= 0.6 is 0 Å². The number of amides is 1. The molecular weight excluding hydrogens is 351 g/mol. The summed E-state index contributed by atoms with van der Waals surface area (Å²) in [4.78, 5) is 17.1. The quantitative estimate of drug-likeness (QED) is 0.736. The Morgan fingerprint density at radius 2 is 1.89 bits per heavy atom. The van der Waals surface area contributed by atoms with Crippen molar-refractivity contribution in [3.8, 4) is 0 Å². The molecule has 2 aromatic rings. The number of carbonyl (C=O) groups is 1. The van der Waals surface area contributed by atoms with Crippen LogP contribution in [0.25, 0.3) is 0 Å². The maximum atomic E-state index is 13.0. The number of aryl methyl sites for hydroxylation is 2. The molecule has 1 heterocycles. The largest absolute Gasteiger partial charge is 0.341 e. The van der Waals surface area contributed by atoms with Crippen molar-refractivity contribution in [3.05, 3.63) is 70.5 Å². The van der Waals surface area contributed by atoms with Crippen LogP contribution in [0.3, 0.4) is 0 Å². The van der Waals surface area contributed by atoms with Crippen molar-refractivity contribution in [2.75, 3.05) is 33.2 Å². The van der Waals surface area contributed by atoms with Gasteiger partial charge in [0.05, 0.1) is 0 Å². The normalized spacial score (nSPS) is 17.5. The fraction of sp³-hybridized carbons (Fsp3) is 0.458. The van der Waals surface area contributed by atoms with Gasteiger partial charge in [0.25, 0.3) is 5.91 Å². The maximum Gasteiger partial charge on any atom is 0.253 e. The predicted molar refractivity (Wildman–Crippen MR) is 112 cm³/mol. The number of hydrogen-bond acceptors (Lipinski definition) is 2. The van der Waals surface area contributed by atoms with Crippen molar-refractivity contribution in [1.82, 2.24) is 9.80 Å². The van der Waals surface area contributed by atoms with E-state index in [4.69, 9.17) is 0 Å². The first-order valence-electron chi connectivity index (χ1n) is 10.2. The van der Waals surface area contributed by atoms with Gasteiger partial charge in [-0.3, -0.25) is 4.79 Å². The van der Waals surface area contributed by atoms with Gasteiger partial charge in [-0.15, -0.1) is 0 Å². The number of likely N-dealkylation sites (tertiary alicyclic amines) is 1. The number of hydrogen-bond donors (Lipinski definition) is 0. The van der Waals surface area contributed by atoms with Gasteiger partial charge in [-0.05, 0) is 86.5 Å². The standard InChI is InChI=1S/C24H31FN2O/c1-18-6-9-22(15-19(18)2)24(28)26(3)16-21-5-4-13-27(17-21)14-12-20-7-10-23(25)11-8-20/h6-11,15,21H,4-5,12-14,16-17H2,1-3H3/t21-/m1/s1. The lowest BCUT2D eigenvalue weighted by Crippen LogP contribution is -2.42. The highest BCUT2D eigenvalue weighted by molar-refractivity contribution is 5.94. The summed E-state index contributed by atoms with van der Waals surface area (Å²) in [5, 5.41) is 0. The minimum absolute atomic E-state index is 0.103. The zero-order valence-corrected chi connectivity index (χ0v) is 17.2. The molecule has 0 aromatic heterocycles. The Bertz CT molecular complexity index is 803. The van der Waals surface area contributed by atoms with Crippen LogP contribution in [0.5, 0.6) is 0 Å². The molecule has 4 heteroatoms. The SMILES string of the molecule is Cc1ccc(C(=O)N(C)C[C@H]2CCCN(CCc3ccc(F)cc3)C2)cc1C. The van der Waals surface area contributed by atoms with Crippen LogP contribution in [0.2, 0.25) is 0 Å². The molecule has 0 radical (unpaired) electrons. The first-order valence-corrected chi connectivity index (χ1v) is 10.2. The Morgan fingerprint density at radius 3 is 2.61 bits per heavy atom. The van der Waals surface area contributed by atoms with Gasteiger partial charge in [-0.1, -0.05) is 18.2 Å². The summed E-state index contributed by atoms with van der Waals surface area (Å²) in [6.45, 7) is 8.01. The van der Waals surface area contributed by atoms with Crippen molar-refractivity contribution in [1.29, 1.82) is 0 Å². The van der Waals surface area contributed by atoms with Crippen LogP contribution in [0, 0.1) is 25.6 Å². The van der Waals surface area contributed by atoms with Gasteiger partial charge in [0.2, 0.25) is 0 Å². The van der Waals surface area contributed by atoms with E-state index in [1.807, 2.05) is 49.2 Å². The van der Waals surface area contributed by atoms with Gasteiger partial charge in [0.15, 0.2) is 0 Å². The van der Waals surface area contributed by atoms with E-state index in [0.29, 0.717) is 5.92 Å². The third-order valence-electron chi connectivity index (χ3n) is 5.87. The smallest absolute Gasteiger partial charge is 0.253 e. The average molecular weight is 383 g/mol. The molecule has 0 saturated carbocycles. The van der Waals surface area contributed by atoms with Crippen molar-refractivity contribution in [3.63, 3.8) is 0 Å². The van der Waals surface area contributed by atoms with Crippen LogP contribution < -0.4 is 0 Å². The first-order chi connectivity index (χ1) is 13.4. The highest BCUT2D eigenvalue weighted by Gasteiger charge is 2.23. The number of nitrogens with zero attached hydrogens (tertiary/aromatic N) is 2. The molecule has 0 unspecified atom stereocenters. The molecule has 0 aliphatic carbocycles. The molecule has 3 nitrogen and oxygen atoms in total. The van der Waals surface area contributed by atoms with Gasteiger partial charge in [0, 0.05) is 32.2 Å². The molecule has 3 rings (SSSR count). The van der Waals surface area contributed by atoms with Crippen LogP contribution in [0.15, 0.2) is 42.5 Å². The van der Waals surface area contributed by atoms with Crippen molar-refractivity contribution < 1.29 is 9.18 Å². The van der Waals surface area contributed by atoms with Gasteiger partial charge in [0.1, 0.15) is 5.82 Å². The molecule has 1 amide bonds. The van der Waals surface area contributed by atoms with Gasteiger partial charge in [-0.2, -0.15) is 0 Å². The minimum atomic E-state index is -0.182. The van der Waals surface area contributed by atoms with E-state index >= 15 is 0 Å². The van der Waals surface area contributed by atoms with Crippen LogP contribution in [0.1, 0.15) is 39.9 Å². The third kappa shape index (κ3) is 5.41. The Hall–Kier alpha value is -2.20. The Kier molecular flexibility index (Phi) is 6.84. The highest BCUT2D eigenvalue weighted by Crippen LogP contribution is 2.19. The molecule has 0 bridgehead atoms. The summed E-state index contributed by atoms with van der Waals surface area (Å²) in [6, 6.07) is 12.7. The molecule has 1 aliphatic rings. The predicted octanol–water partition coefficient (Wildman–Crippen LogP) is 4.47. The highest BCUT2D eigenvalue weighted by atomic mass is 19.1. The van der Waals surface area contributed by atoms with Crippen molar-refractivity contribution in [2.24, 2.45) is 5.92 Å². The monoisotopic (exact) mass is 382 g/mol. The number of benzene rings is 2. The Balaban J connectivity index is 1.51. The lowest BCUT2D eigenvalue weighted by atomic mass is 9.96. The zero-order chi connectivity index (χ0) is 20.1. The molecule has 1 aliphatic heterocycles. The van der Waals surface area contributed by atoms with Crippen molar-refractivity contribution >= 4 is 5.91 Å². The third-order valence-corrected chi connectivity index (χ3v) is 5.87. The molecule has 2 aromatic carbocycles. The maximum absolute atomic E-state index is 13.0. The Morgan fingerprint density at radius 1 is 1.14 bits per heavy atom. The first kappa shape index (κ1) is 20.5. The molecule has 28 heavy (non-hydrogen) atoms. The minimum Gasteiger partial charge on any atom is -0.341 e. The number of rotatable bonds is 6. The summed E-state index contributed by atoms with van der Waals surface area (Å²) in [6.07, 6.45) is 3.27. The fourth-order valence-corrected chi connectivity index (χ4v) is 4.01. The lowest BCUT2D eigenvalue weighted by Gasteiger charge is -2.34.